The number of hydrogen-bond acceptors (Lipinski definition) is 6. The second-order valence-electron chi connectivity index (χ2n) is 5.69. The summed E-state index contributed by atoms with van der Waals surface area (Å²) < 4.78 is 5.01. The number of rotatable bonds is 4. The summed E-state index contributed by atoms with van der Waals surface area (Å²) in [4.78, 5) is 39.1. The molecule has 0 radical (unpaired) electrons. The molecule has 1 aromatic heterocycles. The highest BCUT2D eigenvalue weighted by Crippen LogP contribution is 2.37. The molecule has 22 heavy (non-hydrogen) atoms. The number of aromatic nitrogens is 2. The van der Waals surface area contributed by atoms with Gasteiger partial charge in [-0.05, 0) is 12.8 Å². The number of carbonyl (C=O) groups is 3. The lowest BCUT2D eigenvalue weighted by atomic mass is 9.96. The zero-order valence-corrected chi connectivity index (χ0v) is 12.1. The van der Waals surface area contributed by atoms with Gasteiger partial charge in [-0.25, -0.2) is 4.79 Å². The zero-order valence-electron chi connectivity index (χ0n) is 12.1. The Balaban J connectivity index is 1.70. The molecule has 1 atom stereocenters. The van der Waals surface area contributed by atoms with Crippen LogP contribution in [0.4, 0.5) is 4.79 Å². The summed E-state index contributed by atoms with van der Waals surface area (Å²) in [5.74, 6) is 0.0939. The van der Waals surface area contributed by atoms with Gasteiger partial charge in [-0.1, -0.05) is 18.0 Å². The Kier molecular flexibility index (Phi) is 3.55. The average molecular weight is 307 g/mol. The van der Waals surface area contributed by atoms with E-state index >= 15 is 0 Å². The molecule has 0 aromatic carbocycles. The largest absolute Gasteiger partial charge is 0.343 e. The minimum Gasteiger partial charge on any atom is -0.343 e. The normalized spacial score (nSPS) is 23.2. The zero-order chi connectivity index (χ0) is 15.7. The fraction of sp³-hybridized carbons (Fsp3) is 0.615. The van der Waals surface area contributed by atoms with Crippen LogP contribution in [0, 0.1) is 6.92 Å². The fourth-order valence-electron chi connectivity index (χ4n) is 2.98. The summed E-state index contributed by atoms with van der Waals surface area (Å²) in [6, 6.07) is -1.41. The van der Waals surface area contributed by atoms with Crippen molar-refractivity contribution in [3.05, 3.63) is 11.7 Å². The lowest BCUT2D eigenvalue weighted by Crippen LogP contribution is -2.47. The van der Waals surface area contributed by atoms with Crippen molar-refractivity contribution in [2.75, 3.05) is 0 Å². The molecule has 3 rings (SSSR count). The highest BCUT2D eigenvalue weighted by molar-refractivity contribution is 6.05. The predicted octanol–water partition coefficient (Wildman–Crippen LogP) is -0.138. The Hall–Kier alpha value is -2.45. The number of nitrogens with zero attached hydrogens (tertiary/aromatic N) is 2. The highest BCUT2D eigenvalue weighted by Gasteiger charge is 2.42. The van der Waals surface area contributed by atoms with Gasteiger partial charge in [0.05, 0.1) is 6.42 Å². The second kappa shape index (κ2) is 5.39. The predicted molar refractivity (Wildman–Crippen MR) is 72.4 cm³/mol. The first-order chi connectivity index (χ1) is 10.5. The molecule has 9 heteroatoms. The van der Waals surface area contributed by atoms with Gasteiger partial charge in [-0.3, -0.25) is 14.9 Å². The molecule has 1 aromatic rings. The molecule has 1 saturated carbocycles. The lowest BCUT2D eigenvalue weighted by Gasteiger charge is -2.27. The molecule has 1 saturated heterocycles. The third kappa shape index (κ3) is 2.66. The maximum Gasteiger partial charge on any atom is 0.322 e. The van der Waals surface area contributed by atoms with Crippen molar-refractivity contribution in [3.8, 4) is 0 Å². The van der Waals surface area contributed by atoms with Gasteiger partial charge in [-0.15, -0.1) is 0 Å². The van der Waals surface area contributed by atoms with Crippen LogP contribution >= 0.6 is 0 Å². The van der Waals surface area contributed by atoms with Gasteiger partial charge in [0, 0.05) is 6.92 Å². The summed E-state index contributed by atoms with van der Waals surface area (Å²) >= 11 is 0. The van der Waals surface area contributed by atoms with Gasteiger partial charge in [-0.2, -0.15) is 4.98 Å². The van der Waals surface area contributed by atoms with E-state index in [0.717, 1.165) is 25.7 Å². The van der Waals surface area contributed by atoms with Gasteiger partial charge < -0.3 is 15.2 Å². The van der Waals surface area contributed by atoms with Gasteiger partial charge in [0.15, 0.2) is 5.82 Å². The first-order valence-electron chi connectivity index (χ1n) is 7.22. The van der Waals surface area contributed by atoms with Crippen LogP contribution in [0.25, 0.3) is 0 Å². The van der Waals surface area contributed by atoms with Gasteiger partial charge in [0.2, 0.25) is 11.8 Å². The molecule has 0 unspecified atom stereocenters. The van der Waals surface area contributed by atoms with Crippen molar-refractivity contribution in [2.45, 2.75) is 50.6 Å². The maximum absolute atomic E-state index is 12.3. The highest BCUT2D eigenvalue weighted by atomic mass is 16.5. The van der Waals surface area contributed by atoms with E-state index < -0.39 is 23.5 Å². The van der Waals surface area contributed by atoms with Crippen molar-refractivity contribution in [2.24, 2.45) is 0 Å². The molecular weight excluding hydrogens is 290 g/mol. The van der Waals surface area contributed by atoms with E-state index in [1.807, 2.05) is 0 Å². The van der Waals surface area contributed by atoms with Crippen LogP contribution in [-0.4, -0.2) is 34.0 Å². The Morgan fingerprint density at radius 1 is 1.41 bits per heavy atom. The van der Waals surface area contributed by atoms with Crippen molar-refractivity contribution in [1.29, 1.82) is 0 Å². The van der Waals surface area contributed by atoms with Crippen LogP contribution in [-0.2, 0) is 15.1 Å². The fourth-order valence-corrected chi connectivity index (χ4v) is 2.98. The van der Waals surface area contributed by atoms with Gasteiger partial charge in [0.25, 0.3) is 5.91 Å². The van der Waals surface area contributed by atoms with Crippen LogP contribution in [0.15, 0.2) is 4.52 Å². The Labute approximate surface area is 126 Å². The van der Waals surface area contributed by atoms with Crippen LogP contribution in [0.5, 0.6) is 0 Å². The topological polar surface area (TPSA) is 126 Å². The number of urea groups is 1. The van der Waals surface area contributed by atoms with Crippen molar-refractivity contribution >= 4 is 17.8 Å². The molecule has 1 aliphatic heterocycles. The standard InChI is InChI=1S/C13H17N5O4/c1-7-14-11(18-22-7)13(4-2-3-5-13)17-9(19)6-8-10(20)16-12(21)15-8/h8H,2-6H2,1H3,(H,17,19)(H2,15,16,20,21)/t8-/m1/s1. The van der Waals surface area contributed by atoms with E-state index in [4.69, 9.17) is 4.52 Å². The number of carbonyl (C=O) groups excluding carboxylic acids is 3. The lowest BCUT2D eigenvalue weighted by molar-refractivity contribution is -0.127. The number of imide groups is 1. The van der Waals surface area contributed by atoms with E-state index in [2.05, 4.69) is 26.1 Å². The minimum atomic E-state index is -0.835. The van der Waals surface area contributed by atoms with Crippen molar-refractivity contribution in [1.82, 2.24) is 26.1 Å². The molecule has 1 aliphatic carbocycles. The SMILES string of the molecule is Cc1nc(C2(NC(=O)C[C@H]3NC(=O)NC3=O)CCCC2)no1. The van der Waals surface area contributed by atoms with Crippen LogP contribution in [0.1, 0.15) is 43.8 Å². The average Bonchev–Trinajstić information content (AvgIpc) is 3.13. The van der Waals surface area contributed by atoms with E-state index in [1.54, 1.807) is 6.92 Å². The van der Waals surface area contributed by atoms with E-state index in [-0.39, 0.29) is 12.3 Å². The number of hydrogen-bond donors (Lipinski definition) is 3. The molecule has 0 spiro atoms. The van der Waals surface area contributed by atoms with Crippen LogP contribution in [0.3, 0.4) is 0 Å². The Morgan fingerprint density at radius 3 is 2.68 bits per heavy atom. The molecule has 2 fully saturated rings. The maximum atomic E-state index is 12.3. The molecule has 2 aliphatic rings. The van der Waals surface area contributed by atoms with Crippen LogP contribution in [0.2, 0.25) is 0 Å². The number of aryl methyl sites for hydroxylation is 1. The number of nitrogens with one attached hydrogen (secondary N) is 3. The molecule has 0 bridgehead atoms. The first-order valence-corrected chi connectivity index (χ1v) is 7.22. The molecule has 3 N–H and O–H groups in total. The summed E-state index contributed by atoms with van der Waals surface area (Å²) in [5.41, 5.74) is -0.645. The summed E-state index contributed by atoms with van der Waals surface area (Å²) in [6.07, 6.45) is 3.24. The monoisotopic (exact) mass is 307 g/mol. The van der Waals surface area contributed by atoms with Gasteiger partial charge in [0.1, 0.15) is 11.6 Å². The molecule has 118 valence electrons. The smallest absolute Gasteiger partial charge is 0.322 e. The summed E-state index contributed by atoms with van der Waals surface area (Å²) in [6.45, 7) is 1.69. The van der Waals surface area contributed by atoms with E-state index in [1.165, 1.54) is 0 Å². The Bertz CT molecular complexity index is 620. The molecule has 9 nitrogen and oxygen atoms in total. The molecule has 2 heterocycles. The summed E-state index contributed by atoms with van der Waals surface area (Å²) in [5, 5.41) is 11.4. The third-order valence-corrected chi connectivity index (χ3v) is 4.04. The van der Waals surface area contributed by atoms with Crippen molar-refractivity contribution in [3.63, 3.8) is 0 Å². The molecular formula is C13H17N5O4. The first kappa shape index (κ1) is 14.5. The Morgan fingerprint density at radius 2 is 2.14 bits per heavy atom. The minimum absolute atomic E-state index is 0.115. The van der Waals surface area contributed by atoms with E-state index in [9.17, 15) is 14.4 Å². The van der Waals surface area contributed by atoms with E-state index in [0.29, 0.717) is 11.7 Å². The van der Waals surface area contributed by atoms with Crippen LogP contribution < -0.4 is 16.0 Å². The van der Waals surface area contributed by atoms with Crippen molar-refractivity contribution < 1.29 is 18.9 Å². The summed E-state index contributed by atoms with van der Waals surface area (Å²) in [7, 11) is 0. The second-order valence-corrected chi connectivity index (χ2v) is 5.69. The molecule has 4 amide bonds. The third-order valence-electron chi connectivity index (χ3n) is 4.04. The quantitative estimate of drug-likeness (QED) is 0.665. The van der Waals surface area contributed by atoms with Gasteiger partial charge >= 0.3 is 6.03 Å². The number of amides is 4.